The molecule has 0 spiro atoms. The van der Waals surface area contributed by atoms with E-state index in [-0.39, 0.29) is 22.6 Å². The first-order valence-corrected chi connectivity index (χ1v) is 11.2. The van der Waals surface area contributed by atoms with Crippen molar-refractivity contribution in [2.75, 3.05) is 16.4 Å². The first kappa shape index (κ1) is 23.2. The van der Waals surface area contributed by atoms with Crippen LogP contribution in [0.2, 0.25) is 10.0 Å². The summed E-state index contributed by atoms with van der Waals surface area (Å²) in [5.74, 6) is -2.76. The molecule has 0 aromatic heterocycles. The van der Waals surface area contributed by atoms with Gasteiger partial charge in [-0.3, -0.25) is 14.4 Å². The number of hydrogen-bond donors (Lipinski definition) is 3. The molecule has 1 aliphatic rings. The summed E-state index contributed by atoms with van der Waals surface area (Å²) >= 11 is 13.3. The molecule has 2 unspecified atom stereocenters. The Balaban J connectivity index is 1.58. The monoisotopic (exact) mass is 478 g/mol. The highest BCUT2D eigenvalue weighted by atomic mass is 35.5. The van der Waals surface area contributed by atoms with E-state index in [9.17, 15) is 19.5 Å². The number of carboxylic acid groups (broad SMARTS) is 1. The Bertz CT molecular complexity index is 1030. The molecule has 3 rings (SSSR count). The van der Waals surface area contributed by atoms with Gasteiger partial charge in [-0.1, -0.05) is 47.5 Å². The lowest BCUT2D eigenvalue weighted by Crippen LogP contribution is -2.34. The van der Waals surface area contributed by atoms with E-state index in [2.05, 4.69) is 10.6 Å². The fourth-order valence-corrected chi connectivity index (χ4v) is 4.31. The summed E-state index contributed by atoms with van der Waals surface area (Å²) in [5, 5.41) is 15.5. The third-order valence-corrected chi connectivity index (χ3v) is 6.60. The van der Waals surface area contributed by atoms with Gasteiger partial charge in [-0.2, -0.15) is 0 Å². The molecule has 0 saturated carbocycles. The zero-order valence-electron chi connectivity index (χ0n) is 16.3. The van der Waals surface area contributed by atoms with Crippen LogP contribution in [0.4, 0.5) is 11.4 Å². The van der Waals surface area contributed by atoms with Gasteiger partial charge >= 0.3 is 5.97 Å². The molecule has 0 radical (unpaired) electrons. The number of allylic oxidation sites excluding steroid dienone is 2. The molecule has 0 bridgehead atoms. The largest absolute Gasteiger partial charge is 0.481 e. The number of carbonyl (C=O) groups is 3. The Morgan fingerprint density at radius 1 is 1.00 bits per heavy atom. The summed E-state index contributed by atoms with van der Waals surface area (Å²) in [6.45, 7) is 0. The summed E-state index contributed by atoms with van der Waals surface area (Å²) < 4.78 is 0. The average molecular weight is 479 g/mol. The first-order valence-electron chi connectivity index (χ1n) is 9.50. The molecule has 2 amide bonds. The minimum absolute atomic E-state index is 0.134. The smallest absolute Gasteiger partial charge is 0.307 e. The van der Waals surface area contributed by atoms with Gasteiger partial charge in [-0.15, -0.1) is 11.8 Å². The molecule has 0 heterocycles. The van der Waals surface area contributed by atoms with Crippen LogP contribution in [0.5, 0.6) is 0 Å². The van der Waals surface area contributed by atoms with Crippen molar-refractivity contribution in [1.82, 2.24) is 0 Å². The Morgan fingerprint density at radius 2 is 1.71 bits per heavy atom. The summed E-state index contributed by atoms with van der Waals surface area (Å²) in [7, 11) is 0. The van der Waals surface area contributed by atoms with Gasteiger partial charge in [0.15, 0.2) is 0 Å². The number of amides is 2. The van der Waals surface area contributed by atoms with Crippen molar-refractivity contribution in [3.05, 3.63) is 64.7 Å². The van der Waals surface area contributed by atoms with Crippen molar-refractivity contribution < 1.29 is 19.5 Å². The second kappa shape index (κ2) is 10.7. The van der Waals surface area contributed by atoms with Crippen LogP contribution in [0.15, 0.2) is 59.5 Å². The highest BCUT2D eigenvalue weighted by Gasteiger charge is 2.33. The Morgan fingerprint density at radius 3 is 2.45 bits per heavy atom. The van der Waals surface area contributed by atoms with Gasteiger partial charge < -0.3 is 15.7 Å². The van der Waals surface area contributed by atoms with Crippen LogP contribution < -0.4 is 10.6 Å². The fourth-order valence-electron chi connectivity index (χ4n) is 3.21. The molecular weight excluding hydrogens is 459 g/mol. The maximum Gasteiger partial charge on any atom is 0.307 e. The number of anilines is 2. The van der Waals surface area contributed by atoms with E-state index in [0.29, 0.717) is 29.2 Å². The zero-order valence-corrected chi connectivity index (χ0v) is 18.6. The number of nitrogens with one attached hydrogen (secondary N) is 2. The number of rotatable bonds is 7. The molecule has 0 saturated heterocycles. The van der Waals surface area contributed by atoms with E-state index in [4.69, 9.17) is 23.2 Å². The molecule has 162 valence electrons. The van der Waals surface area contributed by atoms with Crippen molar-refractivity contribution in [1.29, 1.82) is 0 Å². The van der Waals surface area contributed by atoms with Gasteiger partial charge in [0.05, 0.1) is 33.3 Å². The molecule has 0 fully saturated rings. The van der Waals surface area contributed by atoms with Gasteiger partial charge in [0.1, 0.15) is 0 Å². The first-order chi connectivity index (χ1) is 14.8. The van der Waals surface area contributed by atoms with E-state index >= 15 is 0 Å². The lowest BCUT2D eigenvalue weighted by molar-refractivity contribution is -0.146. The van der Waals surface area contributed by atoms with Crippen molar-refractivity contribution in [2.45, 2.75) is 17.7 Å². The number of aliphatic carboxylic acids is 1. The second-order valence-corrected chi connectivity index (χ2v) is 8.78. The van der Waals surface area contributed by atoms with E-state index in [1.807, 2.05) is 12.1 Å². The maximum absolute atomic E-state index is 12.6. The number of carboxylic acids is 1. The summed E-state index contributed by atoms with van der Waals surface area (Å²) in [5.41, 5.74) is 0.988. The molecule has 31 heavy (non-hydrogen) atoms. The van der Waals surface area contributed by atoms with Crippen molar-refractivity contribution in [2.24, 2.45) is 11.8 Å². The summed E-state index contributed by atoms with van der Waals surface area (Å²) in [6, 6.07) is 12.1. The van der Waals surface area contributed by atoms with Crippen LogP contribution in [0.25, 0.3) is 0 Å². The number of hydrogen-bond acceptors (Lipinski definition) is 4. The van der Waals surface area contributed by atoms with Gasteiger partial charge in [0, 0.05) is 10.6 Å². The lowest BCUT2D eigenvalue weighted by atomic mass is 9.82. The van der Waals surface area contributed by atoms with Crippen LogP contribution in [-0.2, 0) is 14.4 Å². The van der Waals surface area contributed by atoms with E-state index in [1.54, 1.807) is 42.5 Å². The number of carbonyl (C=O) groups excluding carboxylic acids is 2. The van der Waals surface area contributed by atoms with Crippen LogP contribution in [0, 0.1) is 11.8 Å². The fraction of sp³-hybridized carbons (Fsp3) is 0.227. The molecular formula is C22H20Cl2N2O4S. The summed E-state index contributed by atoms with van der Waals surface area (Å²) in [6.07, 6.45) is 4.36. The van der Waals surface area contributed by atoms with E-state index < -0.39 is 17.8 Å². The standard InChI is InChI=1S/C22H20Cl2N2O4S/c23-17-9-4-10-18(20(17)24)26-19(27)12-31-14-6-3-5-13(11-14)25-21(28)15-7-1-2-8-16(15)22(29)30/h1-6,9-11,15-16H,7-8,12H2,(H,25,28)(H,26,27)(H,29,30). The quantitative estimate of drug-likeness (QED) is 0.369. The molecule has 0 aliphatic heterocycles. The molecule has 6 nitrogen and oxygen atoms in total. The van der Waals surface area contributed by atoms with Gasteiger partial charge in [0.25, 0.3) is 0 Å². The van der Waals surface area contributed by atoms with Crippen LogP contribution in [0.1, 0.15) is 12.8 Å². The Hall–Kier alpha value is -2.48. The van der Waals surface area contributed by atoms with Crippen LogP contribution in [-0.4, -0.2) is 28.6 Å². The number of halogens is 2. The van der Waals surface area contributed by atoms with E-state index in [0.717, 1.165) is 4.90 Å². The minimum Gasteiger partial charge on any atom is -0.481 e. The van der Waals surface area contributed by atoms with Crippen molar-refractivity contribution >= 4 is 64.1 Å². The minimum atomic E-state index is -0.973. The van der Waals surface area contributed by atoms with Gasteiger partial charge in [-0.25, -0.2) is 0 Å². The predicted octanol–water partition coefficient (Wildman–Crippen LogP) is 5.33. The SMILES string of the molecule is O=C(CSc1cccc(NC(=O)C2CC=CCC2C(=O)O)c1)Nc1cccc(Cl)c1Cl. The highest BCUT2D eigenvalue weighted by Crippen LogP contribution is 2.30. The average Bonchev–Trinajstić information content (AvgIpc) is 2.76. The number of thioether (sulfide) groups is 1. The van der Waals surface area contributed by atoms with Crippen LogP contribution in [0.3, 0.4) is 0 Å². The van der Waals surface area contributed by atoms with Gasteiger partial charge in [0.2, 0.25) is 11.8 Å². The van der Waals surface area contributed by atoms with Crippen LogP contribution >= 0.6 is 35.0 Å². The van der Waals surface area contributed by atoms with Crippen molar-refractivity contribution in [3.8, 4) is 0 Å². The molecule has 2 aromatic carbocycles. The highest BCUT2D eigenvalue weighted by molar-refractivity contribution is 8.00. The maximum atomic E-state index is 12.6. The molecule has 2 aromatic rings. The zero-order chi connectivity index (χ0) is 22.4. The molecule has 9 heteroatoms. The third kappa shape index (κ3) is 6.26. The summed E-state index contributed by atoms with van der Waals surface area (Å²) in [4.78, 5) is 37.1. The normalized spacial score (nSPS) is 17.7. The lowest BCUT2D eigenvalue weighted by Gasteiger charge is -2.24. The Kier molecular flexibility index (Phi) is 8.01. The van der Waals surface area contributed by atoms with E-state index in [1.165, 1.54) is 11.8 Å². The third-order valence-electron chi connectivity index (χ3n) is 4.78. The predicted molar refractivity (Wildman–Crippen MR) is 124 cm³/mol. The molecule has 1 aliphatic carbocycles. The topological polar surface area (TPSA) is 95.5 Å². The van der Waals surface area contributed by atoms with Crippen molar-refractivity contribution in [3.63, 3.8) is 0 Å². The number of benzene rings is 2. The Labute approximate surface area is 194 Å². The molecule has 2 atom stereocenters. The second-order valence-electron chi connectivity index (χ2n) is 6.95. The molecule has 3 N–H and O–H groups in total. The van der Waals surface area contributed by atoms with Gasteiger partial charge in [-0.05, 0) is 43.2 Å².